The van der Waals surface area contributed by atoms with Crippen molar-refractivity contribution in [1.82, 2.24) is 20.1 Å². The Kier molecular flexibility index (Phi) is 5.19. The molecule has 136 valence electrons. The second-order valence-electron chi connectivity index (χ2n) is 6.20. The summed E-state index contributed by atoms with van der Waals surface area (Å²) in [4.78, 5) is 36.9. The number of likely N-dealkylation sites (tertiary alicyclic amines) is 1. The quantitative estimate of drug-likeness (QED) is 0.651. The summed E-state index contributed by atoms with van der Waals surface area (Å²) >= 11 is 0. The summed E-state index contributed by atoms with van der Waals surface area (Å²) in [5.74, 6) is 0.274. The molecule has 0 atom stereocenters. The molecule has 3 rings (SSSR count). The van der Waals surface area contributed by atoms with Crippen molar-refractivity contribution < 1.29 is 19.1 Å². The van der Waals surface area contributed by atoms with Gasteiger partial charge in [-0.2, -0.15) is 5.10 Å². The highest BCUT2D eigenvalue weighted by Gasteiger charge is 2.32. The molecular weight excluding hydrogens is 347 g/mol. The van der Waals surface area contributed by atoms with Crippen LogP contribution in [0.1, 0.15) is 18.5 Å². The van der Waals surface area contributed by atoms with Crippen LogP contribution in [0.15, 0.2) is 17.1 Å². The summed E-state index contributed by atoms with van der Waals surface area (Å²) in [5, 5.41) is 7.23. The van der Waals surface area contributed by atoms with Crippen molar-refractivity contribution in [2.24, 2.45) is 0 Å². The highest BCUT2D eigenvalue weighted by atomic mass is 31.2. The molecular formula is C15H21N4O5P. The molecule has 1 aliphatic heterocycles. The van der Waals surface area contributed by atoms with Crippen LogP contribution in [0.5, 0.6) is 5.88 Å². The zero-order valence-corrected chi connectivity index (χ0v) is 14.8. The van der Waals surface area contributed by atoms with Crippen LogP contribution < -0.4 is 10.3 Å². The van der Waals surface area contributed by atoms with E-state index >= 15 is 0 Å². The maximum absolute atomic E-state index is 11.9. The maximum atomic E-state index is 11.9. The predicted molar refractivity (Wildman–Crippen MR) is 91.9 cm³/mol. The molecule has 3 heterocycles. The number of rotatable bonds is 5. The van der Waals surface area contributed by atoms with Crippen molar-refractivity contribution in [3.05, 3.63) is 28.3 Å². The minimum absolute atomic E-state index is 0.274. The number of methoxy groups -OCH3 is 1. The molecule has 0 aliphatic carbocycles. The van der Waals surface area contributed by atoms with E-state index in [0.717, 1.165) is 12.2 Å². The Labute approximate surface area is 144 Å². The lowest BCUT2D eigenvalue weighted by Gasteiger charge is -2.31. The summed E-state index contributed by atoms with van der Waals surface area (Å²) < 4.78 is 16.5. The first-order chi connectivity index (χ1) is 11.9. The van der Waals surface area contributed by atoms with Crippen molar-refractivity contribution in [3.8, 4) is 5.88 Å². The van der Waals surface area contributed by atoms with Crippen LogP contribution in [0.4, 0.5) is 0 Å². The van der Waals surface area contributed by atoms with Gasteiger partial charge in [0.25, 0.3) is 5.56 Å². The zero-order chi connectivity index (χ0) is 18.0. The summed E-state index contributed by atoms with van der Waals surface area (Å²) in [5.41, 5.74) is -0.0813. The van der Waals surface area contributed by atoms with Crippen LogP contribution in [-0.2, 0) is 11.0 Å². The van der Waals surface area contributed by atoms with E-state index in [2.05, 4.69) is 20.1 Å². The van der Waals surface area contributed by atoms with Gasteiger partial charge < -0.3 is 19.4 Å². The molecule has 2 aromatic heterocycles. The van der Waals surface area contributed by atoms with Crippen LogP contribution in [0, 0.1) is 0 Å². The van der Waals surface area contributed by atoms with E-state index < -0.39 is 13.3 Å². The van der Waals surface area contributed by atoms with Gasteiger partial charge in [0.2, 0.25) is 5.88 Å². The minimum atomic E-state index is -3.98. The maximum Gasteiger partial charge on any atom is 0.328 e. The number of aromatic nitrogens is 3. The van der Waals surface area contributed by atoms with Gasteiger partial charge >= 0.3 is 7.60 Å². The van der Waals surface area contributed by atoms with Crippen LogP contribution in [0.2, 0.25) is 0 Å². The van der Waals surface area contributed by atoms with Gasteiger partial charge in [0.15, 0.2) is 0 Å². The zero-order valence-electron chi connectivity index (χ0n) is 13.9. The van der Waals surface area contributed by atoms with E-state index in [1.807, 2.05) is 6.07 Å². The molecule has 0 amide bonds. The Bertz CT molecular complexity index is 857. The van der Waals surface area contributed by atoms with Crippen molar-refractivity contribution in [2.75, 3.05) is 26.7 Å². The molecule has 0 spiro atoms. The van der Waals surface area contributed by atoms with Gasteiger partial charge in [-0.05, 0) is 32.0 Å². The minimum Gasteiger partial charge on any atom is -0.480 e. The first-order valence-corrected chi connectivity index (χ1v) is 9.75. The van der Waals surface area contributed by atoms with Crippen LogP contribution in [-0.4, -0.2) is 62.3 Å². The average Bonchev–Trinajstić information content (AvgIpc) is 2.59. The van der Waals surface area contributed by atoms with E-state index in [1.165, 1.54) is 7.11 Å². The largest absolute Gasteiger partial charge is 0.480 e. The summed E-state index contributed by atoms with van der Waals surface area (Å²) in [6.45, 7) is 2.04. The number of piperidine rings is 1. The lowest BCUT2D eigenvalue weighted by atomic mass is 10.1. The van der Waals surface area contributed by atoms with Gasteiger partial charge in [-0.15, -0.1) is 0 Å². The van der Waals surface area contributed by atoms with Crippen molar-refractivity contribution in [1.29, 1.82) is 0 Å². The second kappa shape index (κ2) is 7.21. The molecule has 0 bridgehead atoms. The Morgan fingerprint density at radius 1 is 1.40 bits per heavy atom. The van der Waals surface area contributed by atoms with Gasteiger partial charge in [0.05, 0.1) is 19.0 Å². The third kappa shape index (κ3) is 4.07. The molecule has 25 heavy (non-hydrogen) atoms. The van der Waals surface area contributed by atoms with Gasteiger partial charge in [-0.25, -0.2) is 10.1 Å². The Hall–Kier alpha value is -1.80. The third-order valence-electron chi connectivity index (χ3n) is 4.58. The molecule has 1 aliphatic rings. The molecule has 0 radical (unpaired) electrons. The smallest absolute Gasteiger partial charge is 0.328 e. The Balaban J connectivity index is 1.68. The summed E-state index contributed by atoms with van der Waals surface area (Å²) in [7, 11) is -2.51. The average molecular weight is 368 g/mol. The monoisotopic (exact) mass is 368 g/mol. The number of hydrogen-bond acceptors (Lipinski definition) is 6. The molecule has 0 saturated carbocycles. The number of fused-ring (bicyclic) bond motifs is 1. The predicted octanol–water partition coefficient (Wildman–Crippen LogP) is 0.511. The highest BCUT2D eigenvalue weighted by Crippen LogP contribution is 2.45. The van der Waals surface area contributed by atoms with Crippen LogP contribution >= 0.6 is 7.60 Å². The number of aromatic amines is 1. The molecule has 0 aromatic carbocycles. The molecule has 9 nitrogen and oxygen atoms in total. The number of H-pyrrole nitrogens is 1. The lowest BCUT2D eigenvalue weighted by molar-refractivity contribution is 0.219. The SMILES string of the molecule is COc1nc(CCN2CCC(P(=O)(O)O)CC2)cc2cn[nH]c(=O)c12. The fraction of sp³-hybridized carbons (Fsp3) is 0.533. The van der Waals surface area contributed by atoms with Crippen LogP contribution in [0.3, 0.4) is 0 Å². The van der Waals surface area contributed by atoms with E-state index in [-0.39, 0.29) is 11.4 Å². The van der Waals surface area contributed by atoms with Crippen LogP contribution in [0.25, 0.3) is 10.8 Å². The van der Waals surface area contributed by atoms with Crippen molar-refractivity contribution >= 4 is 18.4 Å². The molecule has 0 unspecified atom stereocenters. The molecule has 1 fully saturated rings. The molecule has 1 saturated heterocycles. The molecule has 3 N–H and O–H groups in total. The third-order valence-corrected chi connectivity index (χ3v) is 6.04. The number of pyridine rings is 1. The van der Waals surface area contributed by atoms with E-state index in [1.54, 1.807) is 6.20 Å². The Morgan fingerprint density at radius 3 is 2.76 bits per heavy atom. The van der Waals surface area contributed by atoms with Gasteiger partial charge in [-0.1, -0.05) is 0 Å². The normalized spacial score (nSPS) is 17.1. The van der Waals surface area contributed by atoms with E-state index in [9.17, 15) is 19.1 Å². The van der Waals surface area contributed by atoms with Crippen molar-refractivity contribution in [3.63, 3.8) is 0 Å². The van der Waals surface area contributed by atoms with Gasteiger partial charge in [0, 0.05) is 24.0 Å². The number of ether oxygens (including phenoxy) is 1. The number of hydrogen-bond donors (Lipinski definition) is 3. The summed E-state index contributed by atoms with van der Waals surface area (Å²) in [6, 6.07) is 1.82. The first-order valence-electron chi connectivity index (χ1n) is 8.07. The summed E-state index contributed by atoms with van der Waals surface area (Å²) in [6.07, 6.45) is 3.21. The highest BCUT2D eigenvalue weighted by molar-refractivity contribution is 7.52. The van der Waals surface area contributed by atoms with Gasteiger partial charge in [-0.3, -0.25) is 9.36 Å². The Morgan fingerprint density at radius 2 is 2.12 bits per heavy atom. The topological polar surface area (TPSA) is 129 Å². The van der Waals surface area contributed by atoms with E-state index in [4.69, 9.17) is 4.74 Å². The molecule has 2 aromatic rings. The standard InChI is InChI=1S/C15H21N4O5P/c1-24-15-13-10(9-16-18-14(13)20)8-11(17-15)2-5-19-6-3-12(4-7-19)25(21,22)23/h8-9,12H,2-7H2,1H3,(H,18,20)(H2,21,22,23). The van der Waals surface area contributed by atoms with Gasteiger partial charge in [0.1, 0.15) is 5.39 Å². The second-order valence-corrected chi connectivity index (χ2v) is 8.11. The number of nitrogens with one attached hydrogen (secondary N) is 1. The van der Waals surface area contributed by atoms with E-state index in [0.29, 0.717) is 43.1 Å². The first kappa shape index (κ1) is 18.0. The molecule has 10 heteroatoms. The van der Waals surface area contributed by atoms with Crippen molar-refractivity contribution in [2.45, 2.75) is 24.9 Å². The fourth-order valence-electron chi connectivity index (χ4n) is 3.17. The lowest BCUT2D eigenvalue weighted by Crippen LogP contribution is -2.37. The number of nitrogens with zero attached hydrogens (tertiary/aromatic N) is 3. The fourth-order valence-corrected chi connectivity index (χ4v) is 4.07.